The Bertz CT molecular complexity index is 613. The van der Waals surface area contributed by atoms with Crippen LogP contribution in [0.25, 0.3) is 0 Å². The molecule has 2 aromatic carbocycles. The second kappa shape index (κ2) is 4.95. The smallest absolute Gasteiger partial charge is 0.126 e. The molecule has 21 heavy (non-hydrogen) atoms. The van der Waals surface area contributed by atoms with E-state index in [0.717, 1.165) is 11.1 Å². The first-order valence-electron chi connectivity index (χ1n) is 7.34. The number of benzene rings is 2. The molecule has 2 aromatic rings. The van der Waals surface area contributed by atoms with E-state index in [2.05, 4.69) is 0 Å². The van der Waals surface area contributed by atoms with E-state index in [9.17, 15) is 5.11 Å². The minimum absolute atomic E-state index is 0.0230. The second-order valence-electron chi connectivity index (χ2n) is 5.86. The third-order valence-corrected chi connectivity index (χ3v) is 4.63. The lowest BCUT2D eigenvalue weighted by molar-refractivity contribution is -0.0628. The van der Waals surface area contributed by atoms with Crippen molar-refractivity contribution in [1.82, 2.24) is 0 Å². The molecule has 0 saturated carbocycles. The van der Waals surface area contributed by atoms with Crippen molar-refractivity contribution in [2.45, 2.75) is 17.8 Å². The maximum absolute atomic E-state index is 11.1. The maximum atomic E-state index is 11.1. The van der Waals surface area contributed by atoms with Crippen LogP contribution in [0.2, 0.25) is 0 Å². The maximum Gasteiger partial charge on any atom is 0.126 e. The van der Waals surface area contributed by atoms with Crippen molar-refractivity contribution >= 4 is 0 Å². The molecule has 0 aromatic heterocycles. The van der Waals surface area contributed by atoms with Crippen LogP contribution in [0, 0.1) is 5.92 Å². The van der Waals surface area contributed by atoms with Gasteiger partial charge in [-0.15, -0.1) is 0 Å². The zero-order valence-electron chi connectivity index (χ0n) is 11.7. The van der Waals surface area contributed by atoms with Gasteiger partial charge in [-0.2, -0.15) is 0 Å². The Morgan fingerprint density at radius 1 is 0.857 bits per heavy atom. The summed E-state index contributed by atoms with van der Waals surface area (Å²) in [6, 6.07) is 20.0. The van der Waals surface area contributed by atoms with Crippen LogP contribution < -0.4 is 0 Å². The highest BCUT2D eigenvalue weighted by atomic mass is 16.6. The quantitative estimate of drug-likeness (QED) is 0.920. The lowest BCUT2D eigenvalue weighted by atomic mass is 9.81. The number of aliphatic hydroxyl groups is 1. The molecule has 0 aliphatic carbocycles. The first-order chi connectivity index (χ1) is 10.3. The molecule has 3 nitrogen and oxygen atoms in total. The predicted molar refractivity (Wildman–Crippen MR) is 78.7 cm³/mol. The summed E-state index contributed by atoms with van der Waals surface area (Å²) < 4.78 is 11.9. The number of ether oxygens (including phenoxy) is 2. The van der Waals surface area contributed by atoms with Crippen LogP contribution in [-0.4, -0.2) is 23.9 Å². The summed E-state index contributed by atoms with van der Waals surface area (Å²) in [7, 11) is 0. The lowest BCUT2D eigenvalue weighted by Gasteiger charge is -2.27. The molecule has 4 atom stereocenters. The van der Waals surface area contributed by atoms with Crippen molar-refractivity contribution in [3.63, 3.8) is 0 Å². The standard InChI is InChI=1S/C18H18O3/c19-18-12-21-16(13-7-3-1-4-8-13)15(18)11-20-17(18)14-9-5-2-6-10-14/h1-10,15-17,19H,11-12H2/t15-,16+,17-,18-/m0/s1. The van der Waals surface area contributed by atoms with Crippen molar-refractivity contribution in [2.24, 2.45) is 5.92 Å². The Morgan fingerprint density at radius 2 is 1.48 bits per heavy atom. The monoisotopic (exact) mass is 282 g/mol. The summed E-state index contributed by atoms with van der Waals surface area (Å²) >= 11 is 0. The first kappa shape index (κ1) is 13.0. The van der Waals surface area contributed by atoms with E-state index in [4.69, 9.17) is 9.47 Å². The molecule has 0 amide bonds. The van der Waals surface area contributed by atoms with Gasteiger partial charge in [0, 0.05) is 5.92 Å². The highest BCUT2D eigenvalue weighted by Gasteiger charge is 2.59. The highest BCUT2D eigenvalue weighted by molar-refractivity contribution is 5.27. The molecule has 2 aliphatic heterocycles. The second-order valence-corrected chi connectivity index (χ2v) is 5.86. The Labute approximate surface area is 124 Å². The third kappa shape index (κ3) is 2.01. The summed E-state index contributed by atoms with van der Waals surface area (Å²) in [5, 5.41) is 11.1. The highest BCUT2D eigenvalue weighted by Crippen LogP contribution is 2.52. The van der Waals surface area contributed by atoms with Crippen LogP contribution in [0.5, 0.6) is 0 Å². The number of rotatable bonds is 2. The average Bonchev–Trinajstić information content (AvgIpc) is 3.03. The van der Waals surface area contributed by atoms with E-state index < -0.39 is 5.60 Å². The van der Waals surface area contributed by atoms with E-state index in [-0.39, 0.29) is 18.1 Å². The molecule has 3 heteroatoms. The predicted octanol–water partition coefficient (Wildman–Crippen LogP) is 2.88. The number of hydrogen-bond donors (Lipinski definition) is 1. The van der Waals surface area contributed by atoms with Crippen molar-refractivity contribution in [3.8, 4) is 0 Å². The van der Waals surface area contributed by atoms with E-state index in [1.165, 1.54) is 0 Å². The molecule has 2 saturated heterocycles. The van der Waals surface area contributed by atoms with Gasteiger partial charge in [0.15, 0.2) is 0 Å². The fourth-order valence-corrected chi connectivity index (χ4v) is 3.54. The summed E-state index contributed by atoms with van der Waals surface area (Å²) in [6.07, 6.45) is -0.401. The van der Waals surface area contributed by atoms with E-state index in [1.54, 1.807) is 0 Å². The minimum atomic E-state index is -0.943. The van der Waals surface area contributed by atoms with Gasteiger partial charge in [-0.1, -0.05) is 60.7 Å². The summed E-state index contributed by atoms with van der Waals surface area (Å²) in [6.45, 7) is 0.840. The van der Waals surface area contributed by atoms with Crippen molar-refractivity contribution in [3.05, 3.63) is 71.8 Å². The minimum Gasteiger partial charge on any atom is -0.384 e. The van der Waals surface area contributed by atoms with Crippen LogP contribution >= 0.6 is 0 Å². The zero-order chi connectivity index (χ0) is 14.3. The van der Waals surface area contributed by atoms with E-state index in [1.807, 2.05) is 60.7 Å². The number of hydrogen-bond acceptors (Lipinski definition) is 3. The molecule has 4 rings (SSSR count). The Balaban J connectivity index is 1.66. The summed E-state index contributed by atoms with van der Waals surface area (Å²) in [5.74, 6) is -0.0230. The zero-order valence-corrected chi connectivity index (χ0v) is 11.7. The fourth-order valence-electron chi connectivity index (χ4n) is 3.54. The van der Waals surface area contributed by atoms with Crippen LogP contribution in [0.3, 0.4) is 0 Å². The van der Waals surface area contributed by atoms with Gasteiger partial charge in [-0.3, -0.25) is 0 Å². The first-order valence-corrected chi connectivity index (χ1v) is 7.34. The average molecular weight is 282 g/mol. The van der Waals surface area contributed by atoms with Crippen LogP contribution in [0.4, 0.5) is 0 Å². The molecule has 0 bridgehead atoms. The van der Waals surface area contributed by atoms with Gasteiger partial charge < -0.3 is 14.6 Å². The van der Waals surface area contributed by atoms with E-state index >= 15 is 0 Å². The summed E-state index contributed by atoms with van der Waals surface area (Å²) in [5.41, 5.74) is 1.18. The Hall–Kier alpha value is -1.68. The topological polar surface area (TPSA) is 38.7 Å². The van der Waals surface area contributed by atoms with Crippen molar-refractivity contribution < 1.29 is 14.6 Å². The van der Waals surface area contributed by atoms with Gasteiger partial charge in [0.2, 0.25) is 0 Å². The van der Waals surface area contributed by atoms with Gasteiger partial charge in [0.1, 0.15) is 11.7 Å². The van der Waals surface area contributed by atoms with Gasteiger partial charge in [0.25, 0.3) is 0 Å². The van der Waals surface area contributed by atoms with Crippen LogP contribution in [0.15, 0.2) is 60.7 Å². The third-order valence-electron chi connectivity index (χ3n) is 4.63. The molecule has 0 unspecified atom stereocenters. The van der Waals surface area contributed by atoms with E-state index in [0.29, 0.717) is 13.2 Å². The van der Waals surface area contributed by atoms with Crippen LogP contribution in [0.1, 0.15) is 23.3 Å². The number of fused-ring (bicyclic) bond motifs is 1. The van der Waals surface area contributed by atoms with Gasteiger partial charge in [-0.05, 0) is 11.1 Å². The molecule has 1 N–H and O–H groups in total. The molecule has 0 radical (unpaired) electrons. The molecular formula is C18H18O3. The van der Waals surface area contributed by atoms with Crippen LogP contribution in [-0.2, 0) is 9.47 Å². The lowest BCUT2D eigenvalue weighted by Crippen LogP contribution is -2.39. The van der Waals surface area contributed by atoms with Crippen molar-refractivity contribution in [2.75, 3.05) is 13.2 Å². The Kier molecular flexibility index (Phi) is 3.07. The molecular weight excluding hydrogens is 264 g/mol. The van der Waals surface area contributed by atoms with Crippen molar-refractivity contribution in [1.29, 1.82) is 0 Å². The Morgan fingerprint density at radius 3 is 2.14 bits per heavy atom. The fraction of sp³-hybridized carbons (Fsp3) is 0.333. The van der Waals surface area contributed by atoms with Gasteiger partial charge in [-0.25, -0.2) is 0 Å². The molecule has 0 spiro atoms. The normalized spacial score (nSPS) is 34.8. The summed E-state index contributed by atoms with van der Waals surface area (Å²) in [4.78, 5) is 0. The van der Waals surface area contributed by atoms with Gasteiger partial charge in [0.05, 0.1) is 19.3 Å². The van der Waals surface area contributed by atoms with Gasteiger partial charge >= 0.3 is 0 Å². The SMILES string of the molecule is O[C@@]12CO[C@H](c3ccccc3)[C@@H]1CO[C@H]2c1ccccc1. The largest absolute Gasteiger partial charge is 0.384 e. The molecule has 2 heterocycles. The molecule has 2 fully saturated rings. The molecule has 108 valence electrons. The molecule has 2 aliphatic rings.